The number of ether oxygens (including phenoxy) is 1. The molecule has 1 aliphatic carbocycles. The second kappa shape index (κ2) is 8.93. The zero-order valence-corrected chi connectivity index (χ0v) is 18.3. The van der Waals surface area contributed by atoms with Crippen LogP contribution in [0.2, 0.25) is 0 Å². The SMILES string of the molecule is O=C1CC(C(=O)O)N(C(=O)c2ncoc2CNC(=O)OCC2c3ccccc3-c3ccccc32)N1. The zero-order chi connectivity index (χ0) is 24.5. The highest BCUT2D eigenvalue weighted by atomic mass is 16.5. The Kier molecular flexibility index (Phi) is 5.65. The second-order valence-corrected chi connectivity index (χ2v) is 8.07. The third-order valence-electron chi connectivity index (χ3n) is 6.02. The van der Waals surface area contributed by atoms with E-state index in [4.69, 9.17) is 9.15 Å². The van der Waals surface area contributed by atoms with Crippen molar-refractivity contribution in [1.82, 2.24) is 20.7 Å². The van der Waals surface area contributed by atoms with Crippen LogP contribution in [0, 0.1) is 0 Å². The van der Waals surface area contributed by atoms with E-state index in [9.17, 15) is 24.3 Å². The molecule has 3 aromatic rings. The molecule has 1 saturated heterocycles. The van der Waals surface area contributed by atoms with Crippen molar-refractivity contribution in [3.8, 4) is 11.1 Å². The number of oxazole rings is 1. The van der Waals surface area contributed by atoms with Crippen LogP contribution in [0.1, 0.15) is 39.7 Å². The topological polar surface area (TPSA) is 151 Å². The average Bonchev–Trinajstić information content (AvgIpc) is 3.57. The van der Waals surface area contributed by atoms with Crippen LogP contribution in [0.4, 0.5) is 4.79 Å². The van der Waals surface area contributed by atoms with Crippen LogP contribution in [0.5, 0.6) is 0 Å². The summed E-state index contributed by atoms with van der Waals surface area (Å²) < 4.78 is 10.7. The van der Waals surface area contributed by atoms with Gasteiger partial charge in [-0.2, -0.15) is 0 Å². The Morgan fingerprint density at radius 1 is 1.11 bits per heavy atom. The van der Waals surface area contributed by atoms with Gasteiger partial charge in [-0.1, -0.05) is 48.5 Å². The summed E-state index contributed by atoms with van der Waals surface area (Å²) in [5.41, 5.74) is 6.34. The van der Waals surface area contributed by atoms with Crippen LogP contribution in [0.3, 0.4) is 0 Å². The van der Waals surface area contributed by atoms with Crippen LogP contribution in [0.25, 0.3) is 11.1 Å². The lowest BCUT2D eigenvalue weighted by molar-refractivity contribution is -0.142. The van der Waals surface area contributed by atoms with Gasteiger partial charge in [0.1, 0.15) is 6.61 Å². The molecule has 0 radical (unpaired) electrons. The van der Waals surface area contributed by atoms with Gasteiger partial charge >= 0.3 is 12.1 Å². The van der Waals surface area contributed by atoms with E-state index in [1.807, 2.05) is 48.5 Å². The Morgan fingerprint density at radius 3 is 2.43 bits per heavy atom. The molecule has 35 heavy (non-hydrogen) atoms. The molecule has 5 rings (SSSR count). The Hall–Kier alpha value is -4.67. The molecule has 3 amide bonds. The number of fused-ring (bicyclic) bond motifs is 3. The van der Waals surface area contributed by atoms with Gasteiger partial charge in [0.15, 0.2) is 23.9 Å². The van der Waals surface area contributed by atoms with Crippen molar-refractivity contribution in [1.29, 1.82) is 0 Å². The van der Waals surface area contributed by atoms with Crippen molar-refractivity contribution >= 4 is 23.9 Å². The summed E-state index contributed by atoms with van der Waals surface area (Å²) in [5.74, 6) is -2.91. The molecule has 178 valence electrons. The highest BCUT2D eigenvalue weighted by Crippen LogP contribution is 2.44. The number of hydrazine groups is 1. The first kappa shape index (κ1) is 22.1. The molecule has 2 aliphatic rings. The molecule has 0 bridgehead atoms. The summed E-state index contributed by atoms with van der Waals surface area (Å²) >= 11 is 0. The predicted octanol–water partition coefficient (Wildman–Crippen LogP) is 2.04. The number of carboxylic acid groups (broad SMARTS) is 1. The van der Waals surface area contributed by atoms with E-state index in [-0.39, 0.29) is 36.9 Å². The van der Waals surface area contributed by atoms with Crippen molar-refractivity contribution in [2.75, 3.05) is 6.61 Å². The number of nitrogens with zero attached hydrogens (tertiary/aromatic N) is 2. The number of carboxylic acids is 1. The number of nitrogens with one attached hydrogen (secondary N) is 2. The van der Waals surface area contributed by atoms with Crippen molar-refractivity contribution in [3.05, 3.63) is 77.5 Å². The maximum absolute atomic E-state index is 12.7. The van der Waals surface area contributed by atoms with Crippen LogP contribution in [-0.2, 0) is 20.9 Å². The molecule has 0 spiro atoms. The molecule has 0 saturated carbocycles. The van der Waals surface area contributed by atoms with Gasteiger partial charge in [0.2, 0.25) is 5.91 Å². The Labute approximate surface area is 198 Å². The molecule has 1 unspecified atom stereocenters. The Bertz CT molecular complexity index is 1290. The first-order valence-corrected chi connectivity index (χ1v) is 10.8. The molecule has 1 atom stereocenters. The van der Waals surface area contributed by atoms with Gasteiger partial charge in [-0.05, 0) is 22.3 Å². The van der Waals surface area contributed by atoms with Crippen LogP contribution >= 0.6 is 0 Å². The Balaban J connectivity index is 1.22. The normalized spacial score (nSPS) is 16.4. The summed E-state index contributed by atoms with van der Waals surface area (Å²) in [6, 6.07) is 14.5. The summed E-state index contributed by atoms with van der Waals surface area (Å²) in [6.45, 7) is -0.112. The number of alkyl carbamates (subject to hydrolysis) is 1. The van der Waals surface area contributed by atoms with E-state index in [0.29, 0.717) is 5.01 Å². The number of amides is 3. The van der Waals surface area contributed by atoms with Gasteiger partial charge in [0, 0.05) is 5.92 Å². The summed E-state index contributed by atoms with van der Waals surface area (Å²) in [6.07, 6.45) is -0.0958. The number of carbonyl (C=O) groups excluding carboxylic acids is 3. The molecular formula is C24H20N4O7. The standard InChI is InChI=1S/C24H20N4O7/c29-20-9-18(23(31)32)28(27-20)22(30)21-19(35-12-26-21)10-25-24(33)34-11-17-15-7-3-1-5-13(15)14-6-2-4-8-16(14)17/h1-8,12,17-18H,9-11H2,(H,25,33)(H,27,29)(H,31,32). The van der Waals surface area contributed by atoms with E-state index in [2.05, 4.69) is 15.7 Å². The fourth-order valence-corrected chi connectivity index (χ4v) is 4.40. The van der Waals surface area contributed by atoms with Gasteiger partial charge in [0.25, 0.3) is 5.91 Å². The lowest BCUT2D eigenvalue weighted by Crippen LogP contribution is -2.47. The number of aliphatic carboxylic acids is 1. The lowest BCUT2D eigenvalue weighted by atomic mass is 9.98. The lowest BCUT2D eigenvalue weighted by Gasteiger charge is -2.19. The first-order chi connectivity index (χ1) is 16.9. The minimum absolute atomic E-state index is 0.00575. The molecule has 3 N–H and O–H groups in total. The van der Waals surface area contributed by atoms with E-state index in [1.54, 1.807) is 0 Å². The summed E-state index contributed by atoms with van der Waals surface area (Å²) in [7, 11) is 0. The number of rotatable bonds is 6. The highest BCUT2D eigenvalue weighted by Gasteiger charge is 2.41. The number of benzene rings is 2. The fourth-order valence-electron chi connectivity index (χ4n) is 4.40. The maximum Gasteiger partial charge on any atom is 0.407 e. The molecule has 1 aromatic heterocycles. The molecule has 11 heteroatoms. The van der Waals surface area contributed by atoms with E-state index >= 15 is 0 Å². The van der Waals surface area contributed by atoms with Crippen molar-refractivity contribution in [2.45, 2.75) is 24.9 Å². The van der Waals surface area contributed by atoms with E-state index in [1.165, 1.54) is 0 Å². The number of hydrogen-bond acceptors (Lipinski definition) is 7. The van der Waals surface area contributed by atoms with Crippen molar-refractivity contribution < 1.29 is 33.4 Å². The molecule has 1 aliphatic heterocycles. The Morgan fingerprint density at radius 2 is 1.77 bits per heavy atom. The molecule has 2 heterocycles. The molecular weight excluding hydrogens is 456 g/mol. The third-order valence-corrected chi connectivity index (χ3v) is 6.02. The molecule has 1 fully saturated rings. The first-order valence-electron chi connectivity index (χ1n) is 10.8. The zero-order valence-electron chi connectivity index (χ0n) is 18.3. The van der Waals surface area contributed by atoms with Crippen LogP contribution in [0.15, 0.2) is 59.3 Å². The highest BCUT2D eigenvalue weighted by molar-refractivity contribution is 6.00. The van der Waals surface area contributed by atoms with Crippen molar-refractivity contribution in [3.63, 3.8) is 0 Å². The van der Waals surface area contributed by atoms with E-state index in [0.717, 1.165) is 28.6 Å². The predicted molar refractivity (Wildman–Crippen MR) is 119 cm³/mol. The van der Waals surface area contributed by atoms with E-state index < -0.39 is 29.9 Å². The van der Waals surface area contributed by atoms with Gasteiger partial charge in [-0.15, -0.1) is 0 Å². The molecule has 2 aromatic carbocycles. The monoisotopic (exact) mass is 476 g/mol. The largest absolute Gasteiger partial charge is 0.480 e. The maximum atomic E-state index is 12.7. The number of aromatic nitrogens is 1. The summed E-state index contributed by atoms with van der Waals surface area (Å²) in [4.78, 5) is 51.9. The number of hydrogen-bond donors (Lipinski definition) is 3. The van der Waals surface area contributed by atoms with Gasteiger partial charge in [-0.3, -0.25) is 15.0 Å². The smallest absolute Gasteiger partial charge is 0.407 e. The quantitative estimate of drug-likeness (QED) is 0.489. The fraction of sp³-hybridized carbons (Fsp3) is 0.208. The second-order valence-electron chi connectivity index (χ2n) is 8.07. The third kappa shape index (κ3) is 4.07. The molecule has 11 nitrogen and oxygen atoms in total. The average molecular weight is 476 g/mol. The number of carbonyl (C=O) groups is 4. The summed E-state index contributed by atoms with van der Waals surface area (Å²) in [5, 5.41) is 12.5. The van der Waals surface area contributed by atoms with Crippen molar-refractivity contribution in [2.24, 2.45) is 0 Å². The van der Waals surface area contributed by atoms with Gasteiger partial charge < -0.3 is 19.6 Å². The van der Waals surface area contributed by atoms with Crippen LogP contribution < -0.4 is 10.7 Å². The van der Waals surface area contributed by atoms with Gasteiger partial charge in [0.05, 0.1) is 13.0 Å². The van der Waals surface area contributed by atoms with Crippen LogP contribution in [-0.4, -0.2) is 51.6 Å². The van der Waals surface area contributed by atoms with Gasteiger partial charge in [-0.25, -0.2) is 19.6 Å². The minimum atomic E-state index is -1.37. The minimum Gasteiger partial charge on any atom is -0.480 e.